The summed E-state index contributed by atoms with van der Waals surface area (Å²) in [6, 6.07) is 0. The van der Waals surface area contributed by atoms with Crippen LogP contribution in [0.2, 0.25) is 0 Å². The first-order chi connectivity index (χ1) is 10.9. The Bertz CT molecular complexity index is 572. The summed E-state index contributed by atoms with van der Waals surface area (Å²) in [6.45, 7) is 11.6. The van der Waals surface area contributed by atoms with Crippen LogP contribution in [-0.2, 0) is 28.7 Å². The van der Waals surface area contributed by atoms with Crippen LogP contribution in [0.25, 0.3) is 0 Å². The number of esters is 2. The van der Waals surface area contributed by atoms with Gasteiger partial charge in [0.05, 0.1) is 11.9 Å². The van der Waals surface area contributed by atoms with Gasteiger partial charge in [0.15, 0.2) is 0 Å². The number of hydrogen-bond donors (Lipinski definition) is 0. The highest BCUT2D eigenvalue weighted by atomic mass is 16.6. The van der Waals surface area contributed by atoms with Crippen LogP contribution in [0.1, 0.15) is 27.7 Å². The summed E-state index contributed by atoms with van der Waals surface area (Å²) >= 11 is 0. The van der Waals surface area contributed by atoms with Gasteiger partial charge < -0.3 is 29.3 Å². The third-order valence-corrected chi connectivity index (χ3v) is 2.81. The fourth-order valence-electron chi connectivity index (χ4n) is 1.63. The molecule has 8 heteroatoms. The molecule has 132 valence electrons. The average Bonchev–Trinajstić information content (AvgIpc) is 2.42. The average molecular weight is 338 g/mol. The van der Waals surface area contributed by atoms with E-state index in [0.717, 1.165) is 13.8 Å². The van der Waals surface area contributed by atoms with Gasteiger partial charge in [-0.2, -0.15) is 0 Å². The van der Waals surface area contributed by atoms with E-state index in [1.807, 2.05) is 0 Å². The van der Waals surface area contributed by atoms with Gasteiger partial charge in [-0.1, -0.05) is 13.2 Å². The zero-order valence-corrected chi connectivity index (χ0v) is 13.8. The van der Waals surface area contributed by atoms with Crippen LogP contribution in [0.15, 0.2) is 35.5 Å². The quantitative estimate of drug-likeness (QED) is 0.398. The second-order valence-electron chi connectivity index (χ2n) is 5.06. The molecule has 0 amide bonds. The molecule has 0 bridgehead atoms. The predicted octanol–water partition coefficient (Wildman–Crippen LogP) is -1.20. The molecule has 0 aliphatic rings. The molecule has 2 atom stereocenters. The molecule has 8 nitrogen and oxygen atoms in total. The maximum atomic E-state index is 11.5. The number of rotatable bonds is 8. The standard InChI is InChI=1S/C16H20O8/c1-7(2)15(21)23-9(5)11(13(17)18)12(14(19)20)10(6)24-16(22)8(3)4/h9-10H,1,3H2,2,4-6H3,(H,17,18)(H,19,20)/p-2/b12-11-. The molecule has 0 aromatic heterocycles. The second kappa shape index (κ2) is 8.66. The summed E-state index contributed by atoms with van der Waals surface area (Å²) in [5, 5.41) is 22.7. The summed E-state index contributed by atoms with van der Waals surface area (Å²) in [6.07, 6.45) is -3.00. The fourth-order valence-corrected chi connectivity index (χ4v) is 1.63. The van der Waals surface area contributed by atoms with E-state index in [4.69, 9.17) is 9.47 Å². The van der Waals surface area contributed by atoms with E-state index >= 15 is 0 Å². The van der Waals surface area contributed by atoms with E-state index in [1.165, 1.54) is 13.8 Å². The number of carboxylic acid groups (broad SMARTS) is 2. The van der Waals surface area contributed by atoms with E-state index in [-0.39, 0.29) is 11.1 Å². The van der Waals surface area contributed by atoms with Gasteiger partial charge in [0.25, 0.3) is 0 Å². The molecule has 0 aromatic rings. The van der Waals surface area contributed by atoms with Crippen LogP contribution in [0.3, 0.4) is 0 Å². The third kappa shape index (κ3) is 5.71. The van der Waals surface area contributed by atoms with Crippen LogP contribution in [0.4, 0.5) is 0 Å². The zero-order chi connectivity index (χ0) is 19.2. The van der Waals surface area contributed by atoms with Gasteiger partial charge >= 0.3 is 11.9 Å². The SMILES string of the molecule is C=C(C)C(=O)OC(C)/C(C(=O)[O-])=C(/C(=O)[O-])C(C)OC(=O)C(=C)C. The van der Waals surface area contributed by atoms with Crippen molar-refractivity contribution < 1.29 is 38.9 Å². The number of ether oxygens (including phenoxy) is 2. The number of carboxylic acids is 2. The Morgan fingerprint density at radius 3 is 1.17 bits per heavy atom. The van der Waals surface area contributed by atoms with E-state index in [9.17, 15) is 29.4 Å². The van der Waals surface area contributed by atoms with Crippen molar-refractivity contribution >= 4 is 23.9 Å². The summed E-state index contributed by atoms with van der Waals surface area (Å²) in [5.74, 6) is -5.67. The van der Waals surface area contributed by atoms with Crippen LogP contribution < -0.4 is 10.2 Å². The Morgan fingerprint density at radius 1 is 0.750 bits per heavy atom. The first-order valence-corrected chi connectivity index (χ1v) is 6.79. The lowest BCUT2D eigenvalue weighted by Crippen LogP contribution is -2.41. The van der Waals surface area contributed by atoms with Crippen molar-refractivity contribution in [3.8, 4) is 0 Å². The topological polar surface area (TPSA) is 133 Å². The first kappa shape index (κ1) is 21.1. The van der Waals surface area contributed by atoms with Gasteiger partial charge in [-0.25, -0.2) is 9.59 Å². The molecule has 0 fully saturated rings. The van der Waals surface area contributed by atoms with E-state index in [0.29, 0.717) is 0 Å². The van der Waals surface area contributed by atoms with Crippen LogP contribution in [0.5, 0.6) is 0 Å². The fraction of sp³-hybridized carbons (Fsp3) is 0.375. The molecule has 0 heterocycles. The number of carbonyl (C=O) groups is 4. The molecule has 0 rings (SSSR count). The maximum Gasteiger partial charge on any atom is 0.333 e. The minimum Gasteiger partial charge on any atom is -0.545 e. The van der Waals surface area contributed by atoms with Gasteiger partial charge in [-0.05, 0) is 27.7 Å². The Kier molecular flexibility index (Phi) is 7.61. The predicted molar refractivity (Wildman–Crippen MR) is 77.8 cm³/mol. The van der Waals surface area contributed by atoms with Gasteiger partial charge in [0.2, 0.25) is 0 Å². The molecule has 0 spiro atoms. The minimum atomic E-state index is -1.91. The molecule has 24 heavy (non-hydrogen) atoms. The lowest BCUT2D eigenvalue weighted by molar-refractivity contribution is -0.305. The van der Waals surface area contributed by atoms with E-state index in [2.05, 4.69) is 13.2 Å². The van der Waals surface area contributed by atoms with Crippen molar-refractivity contribution in [3.05, 3.63) is 35.5 Å². The molecular weight excluding hydrogens is 320 g/mol. The Labute approximate surface area is 139 Å². The molecule has 0 radical (unpaired) electrons. The first-order valence-electron chi connectivity index (χ1n) is 6.79. The van der Waals surface area contributed by atoms with Crippen molar-refractivity contribution in [3.63, 3.8) is 0 Å². The second-order valence-corrected chi connectivity index (χ2v) is 5.06. The molecule has 0 aromatic carbocycles. The van der Waals surface area contributed by atoms with Gasteiger partial charge in [0.1, 0.15) is 12.2 Å². The summed E-state index contributed by atoms with van der Waals surface area (Å²) < 4.78 is 9.61. The Hall–Kier alpha value is -2.90. The van der Waals surface area contributed by atoms with Gasteiger partial charge in [0, 0.05) is 22.3 Å². The molecule has 0 N–H and O–H groups in total. The molecule has 0 saturated carbocycles. The number of aliphatic carboxylic acids is 2. The zero-order valence-electron chi connectivity index (χ0n) is 13.8. The highest BCUT2D eigenvalue weighted by Crippen LogP contribution is 2.19. The lowest BCUT2D eigenvalue weighted by Gasteiger charge is -2.26. The molecular formula is C16H18O8-2. The molecule has 2 unspecified atom stereocenters. The van der Waals surface area contributed by atoms with Crippen molar-refractivity contribution in [1.82, 2.24) is 0 Å². The molecule has 0 aliphatic heterocycles. The molecule has 0 saturated heterocycles. The van der Waals surface area contributed by atoms with Crippen molar-refractivity contribution in [2.24, 2.45) is 0 Å². The van der Waals surface area contributed by atoms with Crippen LogP contribution in [0, 0.1) is 0 Å². The number of carbonyl (C=O) groups excluding carboxylic acids is 4. The monoisotopic (exact) mass is 338 g/mol. The Morgan fingerprint density at radius 2 is 1.00 bits per heavy atom. The largest absolute Gasteiger partial charge is 0.545 e. The van der Waals surface area contributed by atoms with E-state index in [1.54, 1.807) is 0 Å². The number of hydrogen-bond acceptors (Lipinski definition) is 8. The summed E-state index contributed by atoms with van der Waals surface area (Å²) in [7, 11) is 0. The Balaban J connectivity index is 5.90. The summed E-state index contributed by atoms with van der Waals surface area (Å²) in [4.78, 5) is 45.6. The maximum absolute atomic E-state index is 11.5. The smallest absolute Gasteiger partial charge is 0.333 e. The van der Waals surface area contributed by atoms with Crippen LogP contribution in [-0.4, -0.2) is 36.1 Å². The minimum absolute atomic E-state index is 0.0173. The molecule has 0 aliphatic carbocycles. The van der Waals surface area contributed by atoms with Gasteiger partial charge in [-0.3, -0.25) is 0 Å². The van der Waals surface area contributed by atoms with Crippen molar-refractivity contribution in [1.29, 1.82) is 0 Å². The van der Waals surface area contributed by atoms with E-state index < -0.39 is 47.2 Å². The van der Waals surface area contributed by atoms with Gasteiger partial charge in [-0.15, -0.1) is 0 Å². The normalized spacial score (nSPS) is 13.8. The lowest BCUT2D eigenvalue weighted by atomic mass is 9.99. The third-order valence-electron chi connectivity index (χ3n) is 2.81. The highest BCUT2D eigenvalue weighted by Gasteiger charge is 2.26. The summed E-state index contributed by atoms with van der Waals surface area (Å²) in [5.41, 5.74) is -1.80. The highest BCUT2D eigenvalue weighted by molar-refractivity contribution is 5.99. The van der Waals surface area contributed by atoms with Crippen LogP contribution >= 0.6 is 0 Å². The van der Waals surface area contributed by atoms with Crippen molar-refractivity contribution in [2.75, 3.05) is 0 Å². The van der Waals surface area contributed by atoms with Crippen molar-refractivity contribution in [2.45, 2.75) is 39.9 Å².